The second-order valence-electron chi connectivity index (χ2n) is 8.30. The number of piperidine rings is 1. The topological polar surface area (TPSA) is 34.0 Å². The number of aromatic nitrogens is 3. The molecule has 0 unspecified atom stereocenters. The van der Waals surface area contributed by atoms with E-state index < -0.39 is 0 Å². The number of nitrogens with zero attached hydrogens (tertiary/aromatic N) is 4. The van der Waals surface area contributed by atoms with Crippen LogP contribution in [-0.2, 0) is 0 Å². The summed E-state index contributed by atoms with van der Waals surface area (Å²) in [5.74, 6) is 1.70. The molecule has 0 N–H and O–H groups in total. The fraction of sp³-hybridized carbons (Fsp3) is 0.280. The molecule has 3 heterocycles. The van der Waals surface area contributed by atoms with Crippen LogP contribution in [0.5, 0.6) is 0 Å². The van der Waals surface area contributed by atoms with Crippen LogP contribution in [0.15, 0.2) is 61.1 Å². The fourth-order valence-corrected chi connectivity index (χ4v) is 4.61. The molecular formula is C25H25ClN4. The van der Waals surface area contributed by atoms with E-state index in [0.29, 0.717) is 5.92 Å². The number of aryl methyl sites for hydroxylation is 1. The van der Waals surface area contributed by atoms with Crippen molar-refractivity contribution in [3.05, 3.63) is 71.6 Å². The molecular weight excluding hydrogens is 392 g/mol. The van der Waals surface area contributed by atoms with Gasteiger partial charge in [0.15, 0.2) is 5.65 Å². The standard InChI is InChI=1S/C25H25ClN4/c1-17-7-6-12-29(14-17)24-23-21(19-8-4-3-5-9-19)15-30(25(23)28-16-27-24)20-11-10-18(2)22(26)13-20/h3-5,8-11,13,15-17H,6-7,12,14H2,1-2H3/t17-/m1/s1. The van der Waals surface area contributed by atoms with Gasteiger partial charge in [0, 0.05) is 35.6 Å². The van der Waals surface area contributed by atoms with Crippen LogP contribution in [0.3, 0.4) is 0 Å². The van der Waals surface area contributed by atoms with Crippen LogP contribution in [0.2, 0.25) is 5.02 Å². The Kier molecular flexibility index (Phi) is 4.95. The molecule has 1 aliphatic rings. The molecule has 1 saturated heterocycles. The summed E-state index contributed by atoms with van der Waals surface area (Å²) in [7, 11) is 0. The number of anilines is 1. The molecule has 1 atom stereocenters. The number of fused-ring (bicyclic) bond motifs is 1. The maximum absolute atomic E-state index is 6.45. The van der Waals surface area contributed by atoms with Gasteiger partial charge in [0.1, 0.15) is 12.1 Å². The highest BCUT2D eigenvalue weighted by Gasteiger charge is 2.24. The van der Waals surface area contributed by atoms with Crippen LogP contribution >= 0.6 is 11.6 Å². The third-order valence-electron chi connectivity index (χ3n) is 6.04. The average Bonchev–Trinajstić information content (AvgIpc) is 3.16. The maximum atomic E-state index is 6.45. The molecule has 30 heavy (non-hydrogen) atoms. The van der Waals surface area contributed by atoms with Crippen molar-refractivity contribution < 1.29 is 0 Å². The van der Waals surface area contributed by atoms with Crippen molar-refractivity contribution in [3.63, 3.8) is 0 Å². The predicted octanol–water partition coefficient (Wildman–Crippen LogP) is 6.29. The van der Waals surface area contributed by atoms with E-state index in [1.165, 1.54) is 18.4 Å². The first-order valence-corrected chi connectivity index (χ1v) is 10.9. The Bertz CT molecular complexity index is 1200. The van der Waals surface area contributed by atoms with Gasteiger partial charge in [-0.15, -0.1) is 0 Å². The highest BCUT2D eigenvalue weighted by molar-refractivity contribution is 6.31. The monoisotopic (exact) mass is 416 g/mol. The molecule has 4 nitrogen and oxygen atoms in total. The van der Waals surface area contributed by atoms with E-state index in [4.69, 9.17) is 21.6 Å². The fourth-order valence-electron chi connectivity index (χ4n) is 4.43. The maximum Gasteiger partial charge on any atom is 0.150 e. The van der Waals surface area contributed by atoms with Crippen LogP contribution in [0.4, 0.5) is 5.82 Å². The van der Waals surface area contributed by atoms with Crippen molar-refractivity contribution in [2.75, 3.05) is 18.0 Å². The van der Waals surface area contributed by atoms with Gasteiger partial charge in [-0.3, -0.25) is 0 Å². The number of benzene rings is 2. The highest BCUT2D eigenvalue weighted by Crippen LogP contribution is 2.38. The Balaban J connectivity index is 1.77. The minimum absolute atomic E-state index is 0.668. The SMILES string of the molecule is Cc1ccc(-n2cc(-c3ccccc3)c3c(N4CCC[C@@H](C)C4)ncnc32)cc1Cl. The van der Waals surface area contributed by atoms with Crippen LogP contribution in [0.25, 0.3) is 27.8 Å². The van der Waals surface area contributed by atoms with Crippen LogP contribution in [0, 0.1) is 12.8 Å². The first-order valence-electron chi connectivity index (χ1n) is 10.5. The summed E-state index contributed by atoms with van der Waals surface area (Å²) >= 11 is 6.45. The Hall–Kier alpha value is -2.85. The summed E-state index contributed by atoms with van der Waals surface area (Å²) in [6, 6.07) is 16.7. The minimum atomic E-state index is 0.668. The Labute approximate surface area is 182 Å². The van der Waals surface area contributed by atoms with E-state index in [-0.39, 0.29) is 0 Å². The van der Waals surface area contributed by atoms with Crippen molar-refractivity contribution >= 4 is 28.5 Å². The predicted molar refractivity (Wildman–Crippen MR) is 125 cm³/mol. The number of hydrogen-bond acceptors (Lipinski definition) is 3. The largest absolute Gasteiger partial charge is 0.356 e. The molecule has 1 fully saturated rings. The van der Waals surface area contributed by atoms with Gasteiger partial charge in [0.05, 0.1) is 5.39 Å². The van der Waals surface area contributed by atoms with Gasteiger partial charge >= 0.3 is 0 Å². The normalized spacial score (nSPS) is 16.9. The Morgan fingerprint density at radius 2 is 1.90 bits per heavy atom. The van der Waals surface area contributed by atoms with Gasteiger partial charge in [-0.1, -0.05) is 54.9 Å². The molecule has 5 heteroatoms. The van der Waals surface area contributed by atoms with E-state index in [2.05, 4.69) is 59.0 Å². The van der Waals surface area contributed by atoms with Crippen molar-refractivity contribution in [2.45, 2.75) is 26.7 Å². The zero-order chi connectivity index (χ0) is 20.7. The lowest BCUT2D eigenvalue weighted by Gasteiger charge is -2.32. The number of halogens is 1. The lowest BCUT2D eigenvalue weighted by Crippen LogP contribution is -2.35. The molecule has 4 aromatic rings. The van der Waals surface area contributed by atoms with Gasteiger partial charge in [-0.25, -0.2) is 9.97 Å². The van der Waals surface area contributed by atoms with Gasteiger partial charge in [-0.05, 0) is 48.9 Å². The molecule has 1 aliphatic heterocycles. The summed E-state index contributed by atoms with van der Waals surface area (Å²) in [5, 5.41) is 1.87. The summed E-state index contributed by atoms with van der Waals surface area (Å²) in [6.07, 6.45) is 6.34. The molecule has 2 aromatic carbocycles. The van der Waals surface area contributed by atoms with Crippen molar-refractivity contribution in [1.82, 2.24) is 14.5 Å². The summed E-state index contributed by atoms with van der Waals surface area (Å²) in [4.78, 5) is 11.9. The molecule has 2 aromatic heterocycles. The molecule has 0 spiro atoms. The lowest BCUT2D eigenvalue weighted by atomic mass is 9.99. The Morgan fingerprint density at radius 1 is 1.07 bits per heavy atom. The zero-order valence-electron chi connectivity index (χ0n) is 17.3. The van der Waals surface area contributed by atoms with Gasteiger partial charge in [0.2, 0.25) is 0 Å². The van der Waals surface area contributed by atoms with E-state index in [0.717, 1.165) is 51.8 Å². The van der Waals surface area contributed by atoms with Crippen LogP contribution in [0.1, 0.15) is 25.3 Å². The number of rotatable bonds is 3. The van der Waals surface area contributed by atoms with Gasteiger partial charge < -0.3 is 9.47 Å². The van der Waals surface area contributed by atoms with E-state index >= 15 is 0 Å². The highest BCUT2D eigenvalue weighted by atomic mass is 35.5. The first kappa shape index (κ1) is 19.1. The molecule has 0 saturated carbocycles. The molecule has 0 amide bonds. The third kappa shape index (κ3) is 3.35. The van der Waals surface area contributed by atoms with E-state index in [9.17, 15) is 0 Å². The van der Waals surface area contributed by atoms with Crippen molar-refractivity contribution in [2.24, 2.45) is 5.92 Å². The smallest absolute Gasteiger partial charge is 0.150 e. The van der Waals surface area contributed by atoms with E-state index in [1.54, 1.807) is 6.33 Å². The molecule has 152 valence electrons. The van der Waals surface area contributed by atoms with E-state index in [1.807, 2.05) is 19.1 Å². The third-order valence-corrected chi connectivity index (χ3v) is 6.45. The van der Waals surface area contributed by atoms with Crippen LogP contribution in [-0.4, -0.2) is 27.6 Å². The quantitative estimate of drug-likeness (QED) is 0.393. The summed E-state index contributed by atoms with van der Waals surface area (Å²) in [5.41, 5.74) is 5.31. The van der Waals surface area contributed by atoms with Gasteiger partial charge in [-0.2, -0.15) is 0 Å². The first-order chi connectivity index (χ1) is 14.6. The lowest BCUT2D eigenvalue weighted by molar-refractivity contribution is 0.445. The summed E-state index contributed by atoms with van der Waals surface area (Å²) in [6.45, 7) is 6.41. The van der Waals surface area contributed by atoms with Crippen LogP contribution < -0.4 is 4.90 Å². The molecule has 0 bridgehead atoms. The molecule has 0 radical (unpaired) electrons. The van der Waals surface area contributed by atoms with Crippen molar-refractivity contribution in [3.8, 4) is 16.8 Å². The van der Waals surface area contributed by atoms with Crippen molar-refractivity contribution in [1.29, 1.82) is 0 Å². The average molecular weight is 417 g/mol. The Morgan fingerprint density at radius 3 is 2.67 bits per heavy atom. The second kappa shape index (κ2) is 7.77. The second-order valence-corrected chi connectivity index (χ2v) is 8.71. The summed E-state index contributed by atoms with van der Waals surface area (Å²) < 4.78 is 2.14. The number of hydrogen-bond donors (Lipinski definition) is 0. The molecule has 0 aliphatic carbocycles. The van der Waals surface area contributed by atoms with Gasteiger partial charge in [0.25, 0.3) is 0 Å². The molecule has 5 rings (SSSR count). The minimum Gasteiger partial charge on any atom is -0.356 e. The zero-order valence-corrected chi connectivity index (χ0v) is 18.1.